The molecule has 0 aliphatic heterocycles. The Balaban J connectivity index is 2.16. The Morgan fingerprint density at radius 3 is 2.17 bits per heavy atom. The van der Waals surface area contributed by atoms with Crippen LogP contribution < -0.4 is 0 Å². The largest absolute Gasteiger partial charge is 0.206 e. The van der Waals surface area contributed by atoms with Crippen LogP contribution in [0, 0.1) is 9.39 Å². The fourth-order valence-corrected chi connectivity index (χ4v) is 2.38. The van der Waals surface area contributed by atoms with Crippen LogP contribution in [0.1, 0.15) is 0 Å². The van der Waals surface area contributed by atoms with Crippen molar-refractivity contribution < 1.29 is 4.39 Å². The van der Waals surface area contributed by atoms with Crippen molar-refractivity contribution in [2.45, 2.75) is 0 Å². The van der Waals surface area contributed by atoms with Crippen LogP contribution in [0.5, 0.6) is 0 Å². The van der Waals surface area contributed by atoms with Gasteiger partial charge in [0.05, 0.1) is 0 Å². The van der Waals surface area contributed by atoms with E-state index in [2.05, 4.69) is 24.3 Å². The minimum atomic E-state index is -0.166. The molecule has 0 aliphatic carbocycles. The molecule has 3 rings (SSSR count). The van der Waals surface area contributed by atoms with Crippen LogP contribution in [0.4, 0.5) is 4.39 Å². The van der Waals surface area contributed by atoms with Gasteiger partial charge in [0.2, 0.25) is 0 Å². The first-order valence-electron chi connectivity index (χ1n) is 5.68. The van der Waals surface area contributed by atoms with Gasteiger partial charge in [-0.25, -0.2) is 4.39 Å². The van der Waals surface area contributed by atoms with Gasteiger partial charge in [0, 0.05) is 3.57 Å². The number of hydrogen-bond donors (Lipinski definition) is 0. The molecule has 88 valence electrons. The van der Waals surface area contributed by atoms with Crippen molar-refractivity contribution in [3.63, 3.8) is 0 Å². The summed E-state index contributed by atoms with van der Waals surface area (Å²) in [6, 6.07) is 19.7. The molecule has 0 unspecified atom stereocenters. The fourth-order valence-electron chi connectivity index (χ4n) is 2.04. The Kier molecular flexibility index (Phi) is 3.04. The molecule has 0 saturated heterocycles. The SMILES string of the molecule is Fc1cc(-c2ccc3ccccc3c2)ccc1I. The van der Waals surface area contributed by atoms with Crippen molar-refractivity contribution in [1.29, 1.82) is 0 Å². The molecule has 0 aromatic heterocycles. The van der Waals surface area contributed by atoms with E-state index < -0.39 is 0 Å². The summed E-state index contributed by atoms with van der Waals surface area (Å²) in [5.74, 6) is -0.166. The van der Waals surface area contributed by atoms with E-state index in [0.717, 1.165) is 11.1 Å². The van der Waals surface area contributed by atoms with Crippen molar-refractivity contribution in [3.05, 3.63) is 70.1 Å². The number of halogens is 2. The van der Waals surface area contributed by atoms with Gasteiger partial charge in [0.25, 0.3) is 0 Å². The zero-order valence-electron chi connectivity index (χ0n) is 9.53. The molecule has 3 aromatic rings. The Morgan fingerprint density at radius 1 is 0.722 bits per heavy atom. The standard InChI is InChI=1S/C16H10FI/c17-15-10-14(7-8-16(15)18)13-6-5-11-3-1-2-4-12(11)9-13/h1-10H. The van der Waals surface area contributed by atoms with Gasteiger partial charge in [-0.1, -0.05) is 42.5 Å². The minimum absolute atomic E-state index is 0.166. The highest BCUT2D eigenvalue weighted by molar-refractivity contribution is 14.1. The summed E-state index contributed by atoms with van der Waals surface area (Å²) in [6.07, 6.45) is 0. The number of fused-ring (bicyclic) bond motifs is 1. The molecule has 0 spiro atoms. The van der Waals surface area contributed by atoms with E-state index in [-0.39, 0.29) is 5.82 Å². The lowest BCUT2D eigenvalue weighted by Crippen LogP contribution is -1.84. The summed E-state index contributed by atoms with van der Waals surface area (Å²) in [7, 11) is 0. The molecule has 18 heavy (non-hydrogen) atoms. The third-order valence-corrected chi connectivity index (χ3v) is 3.88. The summed E-state index contributed by atoms with van der Waals surface area (Å²) in [4.78, 5) is 0. The number of rotatable bonds is 1. The second-order valence-electron chi connectivity index (χ2n) is 4.19. The van der Waals surface area contributed by atoms with Crippen molar-refractivity contribution >= 4 is 33.4 Å². The summed E-state index contributed by atoms with van der Waals surface area (Å²) in [5.41, 5.74) is 1.96. The number of benzene rings is 3. The van der Waals surface area contributed by atoms with Gasteiger partial charge in [-0.15, -0.1) is 0 Å². The van der Waals surface area contributed by atoms with Crippen LogP contribution in [0.3, 0.4) is 0 Å². The molecular weight excluding hydrogens is 338 g/mol. The quantitative estimate of drug-likeness (QED) is 0.527. The Bertz CT molecular complexity index is 719. The summed E-state index contributed by atoms with van der Waals surface area (Å²) in [6.45, 7) is 0. The predicted molar refractivity (Wildman–Crippen MR) is 82.1 cm³/mol. The van der Waals surface area contributed by atoms with Crippen molar-refractivity contribution in [3.8, 4) is 11.1 Å². The highest BCUT2D eigenvalue weighted by atomic mass is 127. The van der Waals surface area contributed by atoms with E-state index in [4.69, 9.17) is 0 Å². The normalized spacial score (nSPS) is 10.8. The van der Waals surface area contributed by atoms with Crippen LogP contribution in [0.25, 0.3) is 21.9 Å². The Labute approximate surface area is 119 Å². The molecule has 0 fully saturated rings. The Morgan fingerprint density at radius 2 is 1.39 bits per heavy atom. The highest BCUT2D eigenvalue weighted by Gasteiger charge is 2.03. The highest BCUT2D eigenvalue weighted by Crippen LogP contribution is 2.26. The van der Waals surface area contributed by atoms with Gasteiger partial charge >= 0.3 is 0 Å². The lowest BCUT2D eigenvalue weighted by atomic mass is 10.0. The van der Waals surface area contributed by atoms with Crippen molar-refractivity contribution in [2.24, 2.45) is 0 Å². The smallest absolute Gasteiger partial charge is 0.137 e. The third kappa shape index (κ3) is 2.12. The van der Waals surface area contributed by atoms with Crippen molar-refractivity contribution in [1.82, 2.24) is 0 Å². The lowest BCUT2D eigenvalue weighted by Gasteiger charge is -2.05. The lowest BCUT2D eigenvalue weighted by molar-refractivity contribution is 0.621. The molecule has 0 aliphatic rings. The van der Waals surface area contributed by atoms with Gasteiger partial charge in [-0.05, 0) is 62.7 Å². The topological polar surface area (TPSA) is 0 Å². The molecule has 0 atom stereocenters. The van der Waals surface area contributed by atoms with Gasteiger partial charge < -0.3 is 0 Å². The minimum Gasteiger partial charge on any atom is -0.206 e. The van der Waals surface area contributed by atoms with Crippen molar-refractivity contribution in [2.75, 3.05) is 0 Å². The van der Waals surface area contributed by atoms with Gasteiger partial charge in [0.1, 0.15) is 5.82 Å². The number of hydrogen-bond acceptors (Lipinski definition) is 0. The van der Waals surface area contributed by atoms with Gasteiger partial charge in [-0.2, -0.15) is 0 Å². The van der Waals surface area contributed by atoms with E-state index in [1.165, 1.54) is 10.8 Å². The maximum Gasteiger partial charge on any atom is 0.137 e. The maximum atomic E-state index is 13.6. The molecule has 0 radical (unpaired) electrons. The summed E-state index contributed by atoms with van der Waals surface area (Å²) >= 11 is 2.00. The van der Waals surface area contributed by atoms with Gasteiger partial charge in [0.15, 0.2) is 0 Å². The van der Waals surface area contributed by atoms with Crippen LogP contribution >= 0.6 is 22.6 Å². The van der Waals surface area contributed by atoms with E-state index in [9.17, 15) is 4.39 Å². The van der Waals surface area contributed by atoms with E-state index >= 15 is 0 Å². The van der Waals surface area contributed by atoms with Gasteiger partial charge in [-0.3, -0.25) is 0 Å². The fraction of sp³-hybridized carbons (Fsp3) is 0. The van der Waals surface area contributed by atoms with Crippen LogP contribution in [0.15, 0.2) is 60.7 Å². The average Bonchev–Trinajstić information content (AvgIpc) is 2.41. The zero-order chi connectivity index (χ0) is 12.5. The monoisotopic (exact) mass is 348 g/mol. The van der Waals surface area contributed by atoms with Crippen LogP contribution in [-0.4, -0.2) is 0 Å². The molecule has 0 nitrogen and oxygen atoms in total. The molecule has 3 aromatic carbocycles. The molecule has 0 N–H and O–H groups in total. The average molecular weight is 348 g/mol. The molecule has 0 saturated carbocycles. The molecule has 0 heterocycles. The van der Waals surface area contributed by atoms with E-state index in [1.54, 1.807) is 12.1 Å². The summed E-state index contributed by atoms with van der Waals surface area (Å²) in [5, 5.41) is 2.38. The molecule has 0 bridgehead atoms. The Hall–Kier alpha value is -1.42. The second-order valence-corrected chi connectivity index (χ2v) is 5.35. The molecule has 0 amide bonds. The van der Waals surface area contributed by atoms with Crippen LogP contribution in [-0.2, 0) is 0 Å². The molecule has 2 heteroatoms. The second kappa shape index (κ2) is 4.69. The first kappa shape index (κ1) is 11.7. The maximum absolute atomic E-state index is 13.6. The first-order chi connectivity index (χ1) is 8.74. The van der Waals surface area contributed by atoms with E-state index in [1.807, 2.05) is 46.9 Å². The first-order valence-corrected chi connectivity index (χ1v) is 6.76. The summed E-state index contributed by atoms with van der Waals surface area (Å²) < 4.78 is 14.2. The third-order valence-electron chi connectivity index (χ3n) is 3.00. The van der Waals surface area contributed by atoms with Crippen LogP contribution in [0.2, 0.25) is 0 Å². The van der Waals surface area contributed by atoms with E-state index in [0.29, 0.717) is 3.57 Å². The zero-order valence-corrected chi connectivity index (χ0v) is 11.7. The predicted octanol–water partition coefficient (Wildman–Crippen LogP) is 5.25. The molecular formula is C16H10FI.